The van der Waals surface area contributed by atoms with Crippen LogP contribution >= 0.6 is 0 Å². The predicted molar refractivity (Wildman–Crippen MR) is 117 cm³/mol. The summed E-state index contributed by atoms with van der Waals surface area (Å²) in [6.45, 7) is 1.30. The van der Waals surface area contributed by atoms with Crippen molar-refractivity contribution in [3.63, 3.8) is 0 Å². The molecule has 3 aromatic rings. The first-order valence-electron chi connectivity index (χ1n) is 10.2. The average Bonchev–Trinajstić information content (AvgIpc) is 3.10. The van der Waals surface area contributed by atoms with Gasteiger partial charge in [0.1, 0.15) is 5.75 Å². The first kappa shape index (κ1) is 21.6. The fraction of sp³-hybridized carbons (Fsp3) is 0.261. The minimum Gasteiger partial charge on any atom is -0.497 e. The number of ether oxygens (including phenoxy) is 1. The number of unbranched alkanes of at least 4 members (excludes halogenated alkanes) is 1. The molecule has 0 atom stereocenters. The molecular weight excluding hydrogens is 421 g/mol. The number of anilines is 1. The molecule has 1 aliphatic heterocycles. The Morgan fingerprint density at radius 3 is 2.44 bits per heavy atom. The number of alkyl halides is 3. The van der Waals surface area contributed by atoms with Crippen LogP contribution < -0.4 is 15.3 Å². The van der Waals surface area contributed by atoms with Crippen molar-refractivity contribution < 1.29 is 17.9 Å². The van der Waals surface area contributed by atoms with Gasteiger partial charge in [0.2, 0.25) is 0 Å². The largest absolute Gasteiger partial charge is 0.497 e. The molecule has 1 N–H and O–H groups in total. The van der Waals surface area contributed by atoms with Gasteiger partial charge in [0.15, 0.2) is 0 Å². The normalized spacial score (nSPS) is 13.9. The Morgan fingerprint density at radius 1 is 0.969 bits per heavy atom. The number of nitrogens with zero attached hydrogens (tertiary/aromatic N) is 3. The zero-order valence-electron chi connectivity index (χ0n) is 17.5. The molecule has 0 unspecified atom stereocenters. The van der Waals surface area contributed by atoms with Gasteiger partial charge in [-0.1, -0.05) is 6.07 Å². The summed E-state index contributed by atoms with van der Waals surface area (Å²) in [5, 5.41) is 0. The summed E-state index contributed by atoms with van der Waals surface area (Å²) in [5.41, 5.74) is 1.20. The zero-order chi connectivity index (χ0) is 22.7. The van der Waals surface area contributed by atoms with Gasteiger partial charge in [0.25, 0.3) is 0 Å². The Hall–Kier alpha value is -3.62. The lowest BCUT2D eigenvalue weighted by Gasteiger charge is -2.25. The average molecular weight is 444 g/mol. The van der Waals surface area contributed by atoms with Crippen molar-refractivity contribution >= 4 is 16.7 Å². The summed E-state index contributed by atoms with van der Waals surface area (Å²) in [7, 11) is 1.59. The molecule has 0 amide bonds. The zero-order valence-corrected chi connectivity index (χ0v) is 17.5. The summed E-state index contributed by atoms with van der Waals surface area (Å²) < 4.78 is 45.7. The molecule has 0 radical (unpaired) electrons. The molecule has 0 saturated carbocycles. The van der Waals surface area contributed by atoms with E-state index in [9.17, 15) is 18.0 Å². The van der Waals surface area contributed by atoms with Gasteiger partial charge in [0, 0.05) is 49.6 Å². The first-order valence-corrected chi connectivity index (χ1v) is 10.2. The van der Waals surface area contributed by atoms with E-state index in [4.69, 9.17) is 4.74 Å². The molecule has 32 heavy (non-hydrogen) atoms. The van der Waals surface area contributed by atoms with Crippen LogP contribution in [0.1, 0.15) is 18.4 Å². The van der Waals surface area contributed by atoms with Gasteiger partial charge in [-0.3, -0.25) is 4.57 Å². The molecule has 1 aliphatic rings. The second-order valence-corrected chi connectivity index (χ2v) is 7.46. The minimum atomic E-state index is -4.37. The number of rotatable bonds is 7. The third-order valence-electron chi connectivity index (χ3n) is 5.34. The van der Waals surface area contributed by atoms with E-state index < -0.39 is 11.7 Å². The lowest BCUT2D eigenvalue weighted by atomic mass is 10.2. The smallest absolute Gasteiger partial charge is 0.416 e. The van der Waals surface area contributed by atoms with E-state index in [-0.39, 0.29) is 5.69 Å². The number of halogens is 3. The maximum absolute atomic E-state index is 12.9. The van der Waals surface area contributed by atoms with Crippen LogP contribution in [-0.4, -0.2) is 28.1 Å². The SMILES string of the molecule is COc1ccc2[nH]c(=O)n(CCCCN3C=CN(c4cccc(C(F)(F)F)c4)C=C3)c2c1. The summed E-state index contributed by atoms with van der Waals surface area (Å²) >= 11 is 0. The molecule has 168 valence electrons. The fourth-order valence-corrected chi connectivity index (χ4v) is 3.62. The number of benzene rings is 2. The number of methoxy groups -OCH3 is 1. The number of hydrogen-bond donors (Lipinski definition) is 1. The maximum atomic E-state index is 12.9. The third kappa shape index (κ3) is 4.66. The van der Waals surface area contributed by atoms with Crippen molar-refractivity contribution in [3.05, 3.63) is 83.3 Å². The van der Waals surface area contributed by atoms with E-state index in [1.807, 2.05) is 29.4 Å². The van der Waals surface area contributed by atoms with Crippen LogP contribution in [0.4, 0.5) is 18.9 Å². The first-order chi connectivity index (χ1) is 15.3. The predicted octanol–water partition coefficient (Wildman–Crippen LogP) is 4.90. The highest BCUT2D eigenvalue weighted by molar-refractivity contribution is 5.77. The Kier molecular flexibility index (Phi) is 5.98. The third-order valence-corrected chi connectivity index (χ3v) is 5.34. The van der Waals surface area contributed by atoms with Crippen molar-refractivity contribution in [1.29, 1.82) is 0 Å². The molecule has 0 saturated heterocycles. The van der Waals surface area contributed by atoms with Gasteiger partial charge < -0.3 is 19.5 Å². The molecule has 9 heteroatoms. The fourth-order valence-electron chi connectivity index (χ4n) is 3.62. The molecule has 6 nitrogen and oxygen atoms in total. The maximum Gasteiger partial charge on any atom is 0.416 e. The van der Waals surface area contributed by atoms with E-state index >= 15 is 0 Å². The van der Waals surface area contributed by atoms with Gasteiger partial charge >= 0.3 is 11.9 Å². The van der Waals surface area contributed by atoms with Crippen LogP contribution in [0.25, 0.3) is 11.0 Å². The lowest BCUT2D eigenvalue weighted by molar-refractivity contribution is -0.137. The number of imidazole rings is 1. The van der Waals surface area contributed by atoms with Crippen molar-refractivity contribution in [2.24, 2.45) is 0 Å². The molecule has 4 rings (SSSR count). The highest BCUT2D eigenvalue weighted by Crippen LogP contribution is 2.32. The number of nitrogens with one attached hydrogen (secondary N) is 1. The topological polar surface area (TPSA) is 53.5 Å². The standard InChI is InChI=1S/C23H23F3N4O2/c1-32-19-7-8-20-21(16-19)30(22(31)27-20)10-3-2-9-28-11-13-29(14-12-28)18-6-4-5-17(15-18)23(24,25)26/h4-8,11-16H,2-3,9-10H2,1H3,(H,27,31). The monoisotopic (exact) mass is 444 g/mol. The van der Waals surface area contributed by atoms with E-state index in [2.05, 4.69) is 4.98 Å². The van der Waals surface area contributed by atoms with Crippen molar-refractivity contribution in [2.75, 3.05) is 18.6 Å². The Morgan fingerprint density at radius 2 is 1.72 bits per heavy atom. The molecule has 0 fully saturated rings. The van der Waals surface area contributed by atoms with E-state index in [1.54, 1.807) is 41.1 Å². The van der Waals surface area contributed by atoms with Crippen LogP contribution in [0.5, 0.6) is 5.75 Å². The molecular formula is C23H23F3N4O2. The number of H-pyrrole nitrogens is 1. The summed E-state index contributed by atoms with van der Waals surface area (Å²) in [4.78, 5) is 18.7. The highest BCUT2D eigenvalue weighted by atomic mass is 19.4. The lowest BCUT2D eigenvalue weighted by Crippen LogP contribution is -2.21. The van der Waals surface area contributed by atoms with Crippen molar-refractivity contribution in [3.8, 4) is 5.75 Å². The summed E-state index contributed by atoms with van der Waals surface area (Å²) in [6, 6.07) is 10.7. The number of aryl methyl sites for hydroxylation is 1. The molecule has 0 aliphatic carbocycles. The van der Waals surface area contributed by atoms with Gasteiger partial charge in [-0.15, -0.1) is 0 Å². The van der Waals surface area contributed by atoms with Crippen LogP contribution in [-0.2, 0) is 12.7 Å². The molecule has 2 aromatic carbocycles. The van der Waals surface area contributed by atoms with Gasteiger partial charge in [-0.2, -0.15) is 13.2 Å². The quantitative estimate of drug-likeness (QED) is 0.527. The van der Waals surface area contributed by atoms with E-state index in [1.165, 1.54) is 6.07 Å². The van der Waals surface area contributed by atoms with Crippen LogP contribution in [0.2, 0.25) is 0 Å². The number of fused-ring (bicyclic) bond motifs is 1. The Balaban J connectivity index is 1.32. The van der Waals surface area contributed by atoms with Crippen molar-refractivity contribution in [1.82, 2.24) is 14.5 Å². The Labute approximate surface area is 182 Å². The van der Waals surface area contributed by atoms with Gasteiger partial charge in [0.05, 0.1) is 23.7 Å². The number of hydrogen-bond acceptors (Lipinski definition) is 4. The van der Waals surface area contributed by atoms with E-state index in [0.29, 0.717) is 18.0 Å². The molecule has 0 spiro atoms. The summed E-state index contributed by atoms with van der Waals surface area (Å²) in [6.07, 6.45) is 4.36. The number of aromatic nitrogens is 2. The summed E-state index contributed by atoms with van der Waals surface area (Å²) in [5.74, 6) is 0.694. The molecule has 1 aromatic heterocycles. The number of aromatic amines is 1. The van der Waals surface area contributed by atoms with Gasteiger partial charge in [-0.05, 0) is 43.2 Å². The highest BCUT2D eigenvalue weighted by Gasteiger charge is 2.30. The van der Waals surface area contributed by atoms with Gasteiger partial charge in [-0.25, -0.2) is 4.79 Å². The van der Waals surface area contributed by atoms with E-state index in [0.717, 1.165) is 42.6 Å². The van der Waals surface area contributed by atoms with Crippen LogP contribution in [0.3, 0.4) is 0 Å². The second-order valence-electron chi connectivity index (χ2n) is 7.46. The van der Waals surface area contributed by atoms with Crippen LogP contribution in [0.15, 0.2) is 72.1 Å². The Bertz CT molecular complexity index is 1200. The van der Waals surface area contributed by atoms with Crippen LogP contribution in [0, 0.1) is 0 Å². The molecule has 2 heterocycles. The minimum absolute atomic E-state index is 0.150. The molecule has 0 bridgehead atoms. The van der Waals surface area contributed by atoms with Crippen molar-refractivity contribution in [2.45, 2.75) is 25.6 Å². The second kappa shape index (κ2) is 8.86.